The van der Waals surface area contributed by atoms with E-state index < -0.39 is 6.04 Å². The van der Waals surface area contributed by atoms with Crippen LogP contribution in [-0.2, 0) is 4.79 Å². The van der Waals surface area contributed by atoms with Crippen LogP contribution in [-0.4, -0.2) is 39.0 Å². The van der Waals surface area contributed by atoms with E-state index in [2.05, 4.69) is 21.4 Å². The van der Waals surface area contributed by atoms with Gasteiger partial charge in [-0.05, 0) is 37.6 Å². The minimum absolute atomic E-state index is 0.0315. The van der Waals surface area contributed by atoms with Gasteiger partial charge in [0, 0.05) is 11.1 Å². The van der Waals surface area contributed by atoms with E-state index in [-0.39, 0.29) is 11.9 Å². The number of benzene rings is 2. The summed E-state index contributed by atoms with van der Waals surface area (Å²) in [5.74, 6) is 1.90. The Morgan fingerprint density at radius 2 is 2.00 bits per heavy atom. The van der Waals surface area contributed by atoms with E-state index in [0.29, 0.717) is 30.1 Å². The fourth-order valence-electron chi connectivity index (χ4n) is 3.17. The van der Waals surface area contributed by atoms with Gasteiger partial charge in [0.05, 0.1) is 33.1 Å². The molecule has 1 saturated heterocycles. The van der Waals surface area contributed by atoms with Gasteiger partial charge in [0.1, 0.15) is 23.3 Å². The number of methoxy groups -OCH3 is 2. The predicted molar refractivity (Wildman–Crippen MR) is 110 cm³/mol. The first-order valence-electron chi connectivity index (χ1n) is 9.44. The third-order valence-electron chi connectivity index (χ3n) is 4.63. The van der Waals surface area contributed by atoms with Gasteiger partial charge in [-0.25, -0.2) is 16.3 Å². The molecule has 3 rings (SSSR count). The van der Waals surface area contributed by atoms with E-state index in [1.165, 1.54) is 6.21 Å². The van der Waals surface area contributed by atoms with Crippen LogP contribution in [0.4, 0.5) is 0 Å². The van der Waals surface area contributed by atoms with Crippen molar-refractivity contribution in [3.05, 3.63) is 53.6 Å². The highest BCUT2D eigenvalue weighted by atomic mass is 16.5. The van der Waals surface area contributed by atoms with E-state index >= 15 is 0 Å². The molecule has 3 N–H and O–H groups in total. The molecule has 0 spiro atoms. The van der Waals surface area contributed by atoms with E-state index in [0.717, 1.165) is 11.3 Å². The Bertz CT molecular complexity index is 872. The second kappa shape index (κ2) is 9.90. The molecule has 8 heteroatoms. The minimum Gasteiger partial charge on any atom is -0.497 e. The van der Waals surface area contributed by atoms with Crippen molar-refractivity contribution in [3.63, 3.8) is 0 Å². The summed E-state index contributed by atoms with van der Waals surface area (Å²) in [6, 6.07) is 12.7. The molecule has 0 bridgehead atoms. The molecule has 2 atom stereocenters. The molecule has 2 aromatic rings. The molecule has 0 radical (unpaired) electrons. The van der Waals surface area contributed by atoms with Crippen LogP contribution < -0.4 is 30.5 Å². The van der Waals surface area contributed by atoms with Crippen LogP contribution in [0.1, 0.15) is 30.5 Å². The highest BCUT2D eigenvalue weighted by Crippen LogP contribution is 2.30. The second-order valence-electron chi connectivity index (χ2n) is 6.44. The zero-order chi connectivity index (χ0) is 20.6. The quantitative estimate of drug-likeness (QED) is 0.466. The van der Waals surface area contributed by atoms with E-state index in [4.69, 9.17) is 14.2 Å². The van der Waals surface area contributed by atoms with Crippen molar-refractivity contribution >= 4 is 12.1 Å². The lowest BCUT2D eigenvalue weighted by atomic mass is 10.0. The zero-order valence-electron chi connectivity index (χ0n) is 16.8. The van der Waals surface area contributed by atoms with Gasteiger partial charge in [-0.15, -0.1) is 0 Å². The van der Waals surface area contributed by atoms with Crippen LogP contribution in [0.3, 0.4) is 0 Å². The third-order valence-corrected chi connectivity index (χ3v) is 4.63. The summed E-state index contributed by atoms with van der Waals surface area (Å²) in [4.78, 5) is 12.5. The summed E-state index contributed by atoms with van der Waals surface area (Å²) >= 11 is 0. The van der Waals surface area contributed by atoms with E-state index in [1.54, 1.807) is 32.4 Å². The molecule has 29 heavy (non-hydrogen) atoms. The van der Waals surface area contributed by atoms with Gasteiger partial charge in [0.25, 0.3) is 5.91 Å². The Labute approximate surface area is 170 Å². The van der Waals surface area contributed by atoms with Crippen LogP contribution >= 0.6 is 0 Å². The van der Waals surface area contributed by atoms with Crippen LogP contribution in [0.15, 0.2) is 47.6 Å². The standard InChI is InChI=1S/C21H26N4O4/c1-4-29-20-8-6-5-7-16(20)17-12-18(24-23-17)21(26)25-22-13-14-11-15(27-2)9-10-19(14)28-3/h5-11,13,17-18,23-24H,4,12H2,1-3H3,(H,25,26)/b22-13+. The van der Waals surface area contributed by atoms with Crippen LogP contribution in [0.2, 0.25) is 0 Å². The average molecular weight is 398 g/mol. The maximum Gasteiger partial charge on any atom is 0.258 e. The van der Waals surface area contributed by atoms with Gasteiger partial charge in [-0.1, -0.05) is 18.2 Å². The highest BCUT2D eigenvalue weighted by molar-refractivity contribution is 5.87. The van der Waals surface area contributed by atoms with E-state index in [1.807, 2.05) is 31.2 Å². The summed E-state index contributed by atoms with van der Waals surface area (Å²) < 4.78 is 16.2. The monoisotopic (exact) mass is 398 g/mol. The molecule has 1 aliphatic rings. The summed E-state index contributed by atoms with van der Waals surface area (Å²) in [6.07, 6.45) is 2.11. The molecular formula is C21H26N4O4. The van der Waals surface area contributed by atoms with Crippen molar-refractivity contribution in [2.75, 3.05) is 20.8 Å². The first-order valence-corrected chi connectivity index (χ1v) is 9.44. The number of carbonyl (C=O) groups excluding carboxylic acids is 1. The van der Waals surface area contributed by atoms with Crippen molar-refractivity contribution in [1.82, 2.24) is 16.3 Å². The zero-order valence-corrected chi connectivity index (χ0v) is 16.8. The summed E-state index contributed by atoms with van der Waals surface area (Å²) in [5, 5.41) is 4.06. The molecule has 1 heterocycles. The molecule has 8 nitrogen and oxygen atoms in total. The smallest absolute Gasteiger partial charge is 0.258 e. The molecule has 1 amide bonds. The number of para-hydroxylation sites is 1. The number of hydrazone groups is 1. The maximum atomic E-state index is 12.5. The topological polar surface area (TPSA) is 93.2 Å². The number of carbonyl (C=O) groups is 1. The summed E-state index contributed by atoms with van der Waals surface area (Å²) in [5.41, 5.74) is 10.5. The van der Waals surface area contributed by atoms with Crippen LogP contribution in [0, 0.1) is 0 Å². The third kappa shape index (κ3) is 5.04. The van der Waals surface area contributed by atoms with Crippen molar-refractivity contribution in [2.45, 2.75) is 25.4 Å². The van der Waals surface area contributed by atoms with Crippen molar-refractivity contribution in [2.24, 2.45) is 5.10 Å². The Kier molecular flexibility index (Phi) is 7.04. The molecule has 1 fully saturated rings. The van der Waals surface area contributed by atoms with E-state index in [9.17, 15) is 4.79 Å². The molecule has 1 aliphatic heterocycles. The molecule has 0 aromatic heterocycles. The Hall–Kier alpha value is -3.10. The normalized spacial score (nSPS) is 18.6. The number of hydrogen-bond donors (Lipinski definition) is 3. The molecule has 0 saturated carbocycles. The molecule has 2 aromatic carbocycles. The van der Waals surface area contributed by atoms with Gasteiger partial charge in [-0.2, -0.15) is 5.10 Å². The highest BCUT2D eigenvalue weighted by Gasteiger charge is 2.31. The molecule has 154 valence electrons. The van der Waals surface area contributed by atoms with Crippen molar-refractivity contribution < 1.29 is 19.0 Å². The average Bonchev–Trinajstić information content (AvgIpc) is 3.24. The molecular weight excluding hydrogens is 372 g/mol. The van der Waals surface area contributed by atoms with Gasteiger partial charge >= 0.3 is 0 Å². The lowest BCUT2D eigenvalue weighted by molar-refractivity contribution is -0.122. The number of hydrazine groups is 1. The molecule has 0 aliphatic carbocycles. The van der Waals surface area contributed by atoms with Crippen LogP contribution in [0.5, 0.6) is 17.2 Å². The number of rotatable bonds is 8. The first kappa shape index (κ1) is 20.6. The number of hydrogen-bond acceptors (Lipinski definition) is 7. The second-order valence-corrected chi connectivity index (χ2v) is 6.44. The summed E-state index contributed by atoms with van der Waals surface area (Å²) in [6.45, 7) is 2.53. The van der Waals surface area contributed by atoms with Gasteiger partial charge < -0.3 is 14.2 Å². The number of nitrogens with zero attached hydrogens (tertiary/aromatic N) is 1. The number of amides is 1. The first-order chi connectivity index (χ1) is 14.2. The Morgan fingerprint density at radius 1 is 1.17 bits per heavy atom. The lowest BCUT2D eigenvalue weighted by Gasteiger charge is -2.15. The fourth-order valence-corrected chi connectivity index (χ4v) is 3.17. The van der Waals surface area contributed by atoms with Crippen molar-refractivity contribution in [3.8, 4) is 17.2 Å². The summed E-state index contributed by atoms with van der Waals surface area (Å²) in [7, 11) is 3.16. The Morgan fingerprint density at radius 3 is 2.76 bits per heavy atom. The lowest BCUT2D eigenvalue weighted by Crippen LogP contribution is -2.41. The SMILES string of the molecule is CCOc1ccccc1C1CC(C(=O)N/N=C/c2cc(OC)ccc2OC)NN1. The van der Waals surface area contributed by atoms with Crippen LogP contribution in [0.25, 0.3) is 0 Å². The van der Waals surface area contributed by atoms with Crippen molar-refractivity contribution in [1.29, 1.82) is 0 Å². The fraction of sp³-hybridized carbons (Fsp3) is 0.333. The minimum atomic E-state index is -0.418. The van der Waals surface area contributed by atoms with Gasteiger partial charge in [0.15, 0.2) is 0 Å². The number of ether oxygens (including phenoxy) is 3. The maximum absolute atomic E-state index is 12.5. The van der Waals surface area contributed by atoms with Gasteiger partial charge in [-0.3, -0.25) is 4.79 Å². The predicted octanol–water partition coefficient (Wildman–Crippen LogP) is 2.16. The Balaban J connectivity index is 1.61. The largest absolute Gasteiger partial charge is 0.497 e. The molecule has 2 unspecified atom stereocenters. The van der Waals surface area contributed by atoms with Gasteiger partial charge in [0.2, 0.25) is 0 Å². The number of nitrogens with one attached hydrogen (secondary N) is 3.